The molecule has 0 fully saturated rings. The van der Waals surface area contributed by atoms with E-state index < -0.39 is 0 Å². The molecule has 0 saturated heterocycles. The van der Waals surface area contributed by atoms with Crippen LogP contribution in [0.5, 0.6) is 5.75 Å². The zero-order chi connectivity index (χ0) is 13.4. The molecule has 0 saturated carbocycles. The predicted molar refractivity (Wildman–Crippen MR) is 68.2 cm³/mol. The number of benzene rings is 1. The Bertz CT molecular complexity index is 636. The number of amides is 1. The van der Waals surface area contributed by atoms with Crippen molar-refractivity contribution in [2.75, 3.05) is 30.9 Å². The Balaban J connectivity index is 1.96. The molecule has 2 aromatic rings. The van der Waals surface area contributed by atoms with E-state index >= 15 is 0 Å². The van der Waals surface area contributed by atoms with Crippen LogP contribution in [0.15, 0.2) is 22.7 Å². The molecule has 0 unspecified atom stereocenters. The fourth-order valence-corrected chi connectivity index (χ4v) is 1.73. The van der Waals surface area contributed by atoms with Gasteiger partial charge in [0, 0.05) is 19.7 Å². The lowest BCUT2D eigenvalue weighted by Crippen LogP contribution is -2.25. The third-order valence-corrected chi connectivity index (χ3v) is 2.67. The highest BCUT2D eigenvalue weighted by Crippen LogP contribution is 2.32. The number of ether oxygens (including phenoxy) is 1. The quantitative estimate of drug-likeness (QED) is 0.872. The molecule has 7 nitrogen and oxygen atoms in total. The molecule has 0 atom stereocenters. The Hall–Kier alpha value is -2.57. The molecule has 1 aliphatic rings. The molecule has 98 valence electrons. The monoisotopic (exact) mass is 260 g/mol. The smallest absolute Gasteiger partial charge is 0.265 e. The average Bonchev–Trinajstić information content (AvgIpc) is 2.87. The van der Waals surface area contributed by atoms with E-state index in [0.29, 0.717) is 23.3 Å². The summed E-state index contributed by atoms with van der Waals surface area (Å²) >= 11 is 0. The number of anilines is 2. The van der Waals surface area contributed by atoms with Gasteiger partial charge in [0.05, 0.1) is 5.69 Å². The van der Waals surface area contributed by atoms with E-state index in [2.05, 4.69) is 15.5 Å². The minimum atomic E-state index is -0.177. The van der Waals surface area contributed by atoms with Gasteiger partial charge in [-0.2, -0.15) is 4.98 Å². The Kier molecular flexibility index (Phi) is 2.59. The Labute approximate surface area is 109 Å². The van der Waals surface area contributed by atoms with Gasteiger partial charge in [0.2, 0.25) is 0 Å². The molecule has 0 bridgehead atoms. The summed E-state index contributed by atoms with van der Waals surface area (Å²) in [6.45, 7) is 0.0394. The molecule has 7 heteroatoms. The van der Waals surface area contributed by atoms with Crippen LogP contribution in [0.2, 0.25) is 0 Å². The summed E-state index contributed by atoms with van der Waals surface area (Å²) < 4.78 is 10.5. The second-order valence-electron chi connectivity index (χ2n) is 4.34. The number of hydrogen-bond acceptors (Lipinski definition) is 6. The molecule has 1 aromatic heterocycles. The third kappa shape index (κ3) is 2.10. The molecule has 1 aromatic carbocycles. The van der Waals surface area contributed by atoms with Gasteiger partial charge in [-0.3, -0.25) is 4.79 Å². The van der Waals surface area contributed by atoms with Crippen molar-refractivity contribution in [2.45, 2.75) is 0 Å². The van der Waals surface area contributed by atoms with Crippen LogP contribution in [0.1, 0.15) is 0 Å². The van der Waals surface area contributed by atoms with Crippen LogP contribution in [0.4, 0.5) is 11.6 Å². The highest BCUT2D eigenvalue weighted by atomic mass is 16.5. The van der Waals surface area contributed by atoms with Crippen molar-refractivity contribution in [1.82, 2.24) is 10.1 Å². The van der Waals surface area contributed by atoms with Crippen molar-refractivity contribution in [3.63, 3.8) is 0 Å². The normalized spacial score (nSPS) is 13.5. The van der Waals surface area contributed by atoms with Crippen LogP contribution in [0, 0.1) is 0 Å². The van der Waals surface area contributed by atoms with Crippen molar-refractivity contribution in [3.8, 4) is 17.2 Å². The lowest BCUT2D eigenvalue weighted by atomic mass is 10.1. The highest BCUT2D eigenvalue weighted by Gasteiger charge is 2.18. The van der Waals surface area contributed by atoms with Gasteiger partial charge in [0.1, 0.15) is 5.75 Å². The van der Waals surface area contributed by atoms with E-state index in [-0.39, 0.29) is 12.5 Å². The molecule has 0 aliphatic carbocycles. The Morgan fingerprint density at radius 1 is 1.37 bits per heavy atom. The number of aromatic nitrogens is 2. The van der Waals surface area contributed by atoms with Gasteiger partial charge >= 0.3 is 0 Å². The standard InChI is InChI=1S/C12H12N4O3/c1-16(2)12-14-11(19-15-12)7-3-4-9-8(5-7)13-10(17)6-18-9/h3-5H,6H2,1-2H3,(H,13,17). The minimum Gasteiger partial charge on any atom is -0.482 e. The van der Waals surface area contributed by atoms with Crippen molar-refractivity contribution in [2.24, 2.45) is 0 Å². The molecular formula is C12H12N4O3. The Morgan fingerprint density at radius 2 is 2.21 bits per heavy atom. The summed E-state index contributed by atoms with van der Waals surface area (Å²) in [5.74, 6) is 1.35. The number of nitrogens with zero attached hydrogens (tertiary/aromatic N) is 3. The summed E-state index contributed by atoms with van der Waals surface area (Å²) in [6.07, 6.45) is 0. The maximum Gasteiger partial charge on any atom is 0.265 e. The molecule has 3 rings (SSSR count). The first kappa shape index (κ1) is 11.5. The largest absolute Gasteiger partial charge is 0.482 e. The summed E-state index contributed by atoms with van der Waals surface area (Å²) in [4.78, 5) is 17.3. The number of hydrogen-bond donors (Lipinski definition) is 1. The minimum absolute atomic E-state index is 0.0394. The molecule has 0 radical (unpaired) electrons. The highest BCUT2D eigenvalue weighted by molar-refractivity contribution is 5.96. The van der Waals surface area contributed by atoms with Crippen molar-refractivity contribution in [3.05, 3.63) is 18.2 Å². The van der Waals surface area contributed by atoms with Gasteiger partial charge in [-0.1, -0.05) is 0 Å². The first-order chi connectivity index (χ1) is 9.13. The van der Waals surface area contributed by atoms with Gasteiger partial charge < -0.3 is 19.5 Å². The van der Waals surface area contributed by atoms with Crippen LogP contribution in [-0.2, 0) is 4.79 Å². The number of rotatable bonds is 2. The molecular weight excluding hydrogens is 248 g/mol. The fraction of sp³-hybridized carbons (Fsp3) is 0.250. The molecule has 2 heterocycles. The van der Waals surface area contributed by atoms with Crippen molar-refractivity contribution in [1.29, 1.82) is 0 Å². The van der Waals surface area contributed by atoms with Gasteiger partial charge in [0.15, 0.2) is 6.61 Å². The van der Waals surface area contributed by atoms with Crippen LogP contribution < -0.4 is 15.0 Å². The van der Waals surface area contributed by atoms with Crippen LogP contribution >= 0.6 is 0 Å². The molecule has 1 amide bonds. The molecule has 19 heavy (non-hydrogen) atoms. The van der Waals surface area contributed by atoms with Gasteiger partial charge in [-0.15, -0.1) is 0 Å². The van der Waals surface area contributed by atoms with Crippen LogP contribution in [0.3, 0.4) is 0 Å². The molecule has 1 aliphatic heterocycles. The second kappa shape index (κ2) is 4.27. The van der Waals surface area contributed by atoms with E-state index in [4.69, 9.17) is 9.26 Å². The van der Waals surface area contributed by atoms with Crippen molar-refractivity contribution < 1.29 is 14.1 Å². The van der Waals surface area contributed by atoms with E-state index in [1.165, 1.54) is 0 Å². The fourth-order valence-electron chi connectivity index (χ4n) is 1.73. The summed E-state index contributed by atoms with van der Waals surface area (Å²) in [5, 5.41) is 6.58. The Morgan fingerprint density at radius 3 is 2.95 bits per heavy atom. The van der Waals surface area contributed by atoms with Crippen LogP contribution in [-0.4, -0.2) is 36.8 Å². The zero-order valence-electron chi connectivity index (χ0n) is 10.5. The number of fused-ring (bicyclic) bond motifs is 1. The second-order valence-corrected chi connectivity index (χ2v) is 4.34. The van der Waals surface area contributed by atoms with E-state index in [0.717, 1.165) is 5.56 Å². The lowest BCUT2D eigenvalue weighted by molar-refractivity contribution is -0.118. The average molecular weight is 260 g/mol. The summed E-state index contributed by atoms with van der Waals surface area (Å²) in [7, 11) is 3.66. The van der Waals surface area contributed by atoms with Gasteiger partial charge in [-0.05, 0) is 23.4 Å². The summed E-state index contributed by atoms with van der Waals surface area (Å²) in [6, 6.07) is 5.33. The maximum atomic E-state index is 11.3. The SMILES string of the molecule is CN(C)c1noc(-c2ccc3c(c2)NC(=O)CO3)n1. The topological polar surface area (TPSA) is 80.5 Å². The van der Waals surface area contributed by atoms with E-state index in [1.807, 2.05) is 20.2 Å². The first-order valence-corrected chi connectivity index (χ1v) is 5.71. The predicted octanol–water partition coefficient (Wildman–Crippen LogP) is 1.13. The zero-order valence-corrected chi connectivity index (χ0v) is 10.5. The first-order valence-electron chi connectivity index (χ1n) is 5.71. The van der Waals surface area contributed by atoms with Crippen molar-refractivity contribution >= 4 is 17.5 Å². The third-order valence-electron chi connectivity index (χ3n) is 2.67. The molecule has 1 N–H and O–H groups in total. The van der Waals surface area contributed by atoms with Gasteiger partial charge in [-0.25, -0.2) is 0 Å². The number of carbonyl (C=O) groups excluding carboxylic acids is 1. The van der Waals surface area contributed by atoms with Crippen LogP contribution in [0.25, 0.3) is 11.5 Å². The number of nitrogens with one attached hydrogen (secondary N) is 1. The number of carbonyl (C=O) groups is 1. The maximum absolute atomic E-state index is 11.3. The summed E-state index contributed by atoms with van der Waals surface area (Å²) in [5.41, 5.74) is 1.34. The van der Waals surface area contributed by atoms with Gasteiger partial charge in [0.25, 0.3) is 17.7 Å². The molecule has 0 spiro atoms. The lowest BCUT2D eigenvalue weighted by Gasteiger charge is -2.17. The van der Waals surface area contributed by atoms with E-state index in [1.54, 1.807) is 17.0 Å². The van der Waals surface area contributed by atoms with E-state index in [9.17, 15) is 4.79 Å².